The van der Waals surface area contributed by atoms with E-state index in [1.807, 2.05) is 6.92 Å². The molecule has 1 fully saturated rings. The first-order valence-corrected chi connectivity index (χ1v) is 6.58. The number of nitrogens with zero attached hydrogens (tertiary/aromatic N) is 4. The number of anilines is 2. The van der Waals surface area contributed by atoms with Crippen molar-refractivity contribution in [2.45, 2.75) is 32.8 Å². The largest absolute Gasteiger partial charge is 0.388 e. The maximum Gasteiger partial charge on any atom is 0.332 e. The molecular formula is C12H19N5O3. The van der Waals surface area contributed by atoms with Gasteiger partial charge in [0.2, 0.25) is 11.8 Å². The van der Waals surface area contributed by atoms with Crippen LogP contribution in [-0.2, 0) is 0 Å². The van der Waals surface area contributed by atoms with Gasteiger partial charge in [-0.25, -0.2) is 4.98 Å². The Kier molecular flexibility index (Phi) is 3.76. The molecule has 2 heterocycles. The van der Waals surface area contributed by atoms with Crippen molar-refractivity contribution in [3.05, 3.63) is 15.8 Å². The van der Waals surface area contributed by atoms with Crippen LogP contribution in [0, 0.1) is 17.0 Å². The summed E-state index contributed by atoms with van der Waals surface area (Å²) in [6.07, 6.45) is 0.559. The third-order valence-electron chi connectivity index (χ3n) is 3.31. The Labute approximate surface area is 117 Å². The van der Waals surface area contributed by atoms with E-state index in [9.17, 15) is 15.2 Å². The summed E-state index contributed by atoms with van der Waals surface area (Å²) in [4.78, 5) is 20.9. The number of hydrogen-bond donors (Lipinski definition) is 2. The molecule has 1 unspecified atom stereocenters. The second-order valence-electron chi connectivity index (χ2n) is 5.26. The van der Waals surface area contributed by atoms with Crippen molar-refractivity contribution >= 4 is 17.5 Å². The summed E-state index contributed by atoms with van der Waals surface area (Å²) in [7, 11) is 0. The Morgan fingerprint density at radius 2 is 2.25 bits per heavy atom. The molecule has 0 aromatic carbocycles. The monoisotopic (exact) mass is 281 g/mol. The number of hydrogen-bond acceptors (Lipinski definition) is 7. The fraction of sp³-hybridized carbons (Fsp3) is 0.667. The molecule has 8 nitrogen and oxygen atoms in total. The predicted molar refractivity (Wildman–Crippen MR) is 75.0 cm³/mol. The maximum absolute atomic E-state index is 11.2. The van der Waals surface area contributed by atoms with Gasteiger partial charge in [-0.05, 0) is 27.2 Å². The van der Waals surface area contributed by atoms with Crippen LogP contribution in [0.4, 0.5) is 17.5 Å². The maximum atomic E-state index is 11.2. The smallest absolute Gasteiger partial charge is 0.332 e. The summed E-state index contributed by atoms with van der Waals surface area (Å²) in [5.41, 5.74) is -0.614. The highest BCUT2D eigenvalue weighted by Crippen LogP contribution is 2.34. The van der Waals surface area contributed by atoms with E-state index in [1.165, 1.54) is 0 Å². The average Bonchev–Trinajstić information content (AvgIpc) is 2.68. The molecule has 0 spiro atoms. The number of aliphatic hydroxyl groups is 1. The third-order valence-corrected chi connectivity index (χ3v) is 3.31. The lowest BCUT2D eigenvalue weighted by atomic mass is 10.1. The van der Waals surface area contributed by atoms with Gasteiger partial charge in [0.25, 0.3) is 0 Å². The number of aryl methyl sites for hydroxylation is 1. The lowest BCUT2D eigenvalue weighted by Crippen LogP contribution is -2.30. The lowest BCUT2D eigenvalue weighted by Gasteiger charge is -2.20. The van der Waals surface area contributed by atoms with E-state index < -0.39 is 10.5 Å². The summed E-state index contributed by atoms with van der Waals surface area (Å²) in [5, 5.41) is 24.2. The number of aromatic nitrogens is 2. The molecule has 1 aromatic heterocycles. The molecule has 0 aliphatic carbocycles. The van der Waals surface area contributed by atoms with Crippen LogP contribution in [0.2, 0.25) is 0 Å². The van der Waals surface area contributed by atoms with Gasteiger partial charge in [0, 0.05) is 19.6 Å². The van der Waals surface area contributed by atoms with Gasteiger partial charge in [0.1, 0.15) is 5.69 Å². The summed E-state index contributed by atoms with van der Waals surface area (Å²) in [5.74, 6) is 0.647. The van der Waals surface area contributed by atoms with Crippen molar-refractivity contribution < 1.29 is 10.0 Å². The van der Waals surface area contributed by atoms with Crippen molar-refractivity contribution in [2.24, 2.45) is 0 Å². The molecule has 1 aliphatic heterocycles. The van der Waals surface area contributed by atoms with Gasteiger partial charge in [0.05, 0.1) is 10.5 Å². The van der Waals surface area contributed by atoms with Gasteiger partial charge < -0.3 is 15.3 Å². The molecule has 0 radical (unpaired) electrons. The Balaban J connectivity index is 2.46. The lowest BCUT2D eigenvalue weighted by molar-refractivity contribution is -0.385. The number of β-amino-alcohol motifs (C(OH)–C–C–N with tert-alkyl or cyclic N) is 1. The van der Waals surface area contributed by atoms with E-state index in [4.69, 9.17) is 0 Å². The molecule has 0 amide bonds. The normalized spacial score (nSPS) is 22.1. The highest BCUT2D eigenvalue weighted by Gasteiger charge is 2.36. The quantitative estimate of drug-likeness (QED) is 0.628. The highest BCUT2D eigenvalue weighted by molar-refractivity contribution is 5.63. The van der Waals surface area contributed by atoms with Crippen LogP contribution in [0.1, 0.15) is 26.0 Å². The Morgan fingerprint density at radius 3 is 2.75 bits per heavy atom. The first-order chi connectivity index (χ1) is 9.34. The summed E-state index contributed by atoms with van der Waals surface area (Å²) in [6.45, 7) is 6.72. The molecule has 8 heteroatoms. The van der Waals surface area contributed by atoms with Gasteiger partial charge in [0.15, 0.2) is 0 Å². The van der Waals surface area contributed by atoms with Gasteiger partial charge >= 0.3 is 5.69 Å². The number of nitro groups is 1. The third kappa shape index (κ3) is 2.79. The van der Waals surface area contributed by atoms with Crippen LogP contribution in [0.5, 0.6) is 0 Å². The molecule has 0 saturated carbocycles. The van der Waals surface area contributed by atoms with Crippen LogP contribution in [0.25, 0.3) is 0 Å². The van der Waals surface area contributed by atoms with Crippen molar-refractivity contribution in [1.82, 2.24) is 9.97 Å². The van der Waals surface area contributed by atoms with E-state index in [0.29, 0.717) is 37.7 Å². The molecular weight excluding hydrogens is 262 g/mol. The predicted octanol–water partition coefficient (Wildman–Crippen LogP) is 1.09. The molecule has 2 rings (SSSR count). The molecule has 1 aliphatic rings. The van der Waals surface area contributed by atoms with Gasteiger partial charge in [-0.3, -0.25) is 10.1 Å². The molecule has 1 aromatic rings. The minimum atomic E-state index is -0.842. The zero-order valence-corrected chi connectivity index (χ0v) is 11.9. The molecule has 20 heavy (non-hydrogen) atoms. The molecule has 2 N–H and O–H groups in total. The zero-order valence-electron chi connectivity index (χ0n) is 11.9. The van der Waals surface area contributed by atoms with Gasteiger partial charge in [-0.2, -0.15) is 4.98 Å². The summed E-state index contributed by atoms with van der Waals surface area (Å²) >= 11 is 0. The molecule has 0 bridgehead atoms. The number of nitrogens with one attached hydrogen (secondary N) is 1. The van der Waals surface area contributed by atoms with Crippen molar-refractivity contribution in [3.8, 4) is 0 Å². The first-order valence-electron chi connectivity index (χ1n) is 6.58. The summed E-state index contributed by atoms with van der Waals surface area (Å²) in [6, 6.07) is 0. The standard InChI is InChI=1S/C12H19N5O3/c1-4-13-11-14-8(2)9(17(19)20)10(15-11)16-6-5-12(3,18)7-16/h18H,4-7H2,1-3H3,(H,13,14,15). The van der Waals surface area contributed by atoms with E-state index in [1.54, 1.807) is 18.7 Å². The second kappa shape index (κ2) is 5.20. The van der Waals surface area contributed by atoms with Crippen molar-refractivity contribution in [1.29, 1.82) is 0 Å². The second-order valence-corrected chi connectivity index (χ2v) is 5.26. The molecule has 1 saturated heterocycles. The van der Waals surface area contributed by atoms with Crippen LogP contribution in [-0.4, -0.2) is 45.2 Å². The van der Waals surface area contributed by atoms with Gasteiger partial charge in [-0.15, -0.1) is 0 Å². The Bertz CT molecular complexity index is 532. The van der Waals surface area contributed by atoms with E-state index in [2.05, 4.69) is 15.3 Å². The first kappa shape index (κ1) is 14.4. The van der Waals surface area contributed by atoms with E-state index in [-0.39, 0.29) is 11.5 Å². The topological polar surface area (TPSA) is 104 Å². The van der Waals surface area contributed by atoms with Crippen LogP contribution in [0.15, 0.2) is 0 Å². The fourth-order valence-corrected chi connectivity index (χ4v) is 2.35. The van der Waals surface area contributed by atoms with Crippen LogP contribution in [0.3, 0.4) is 0 Å². The van der Waals surface area contributed by atoms with Crippen LogP contribution < -0.4 is 10.2 Å². The van der Waals surface area contributed by atoms with Crippen LogP contribution >= 0.6 is 0 Å². The highest BCUT2D eigenvalue weighted by atomic mass is 16.6. The molecule has 1 atom stereocenters. The fourth-order valence-electron chi connectivity index (χ4n) is 2.35. The molecule has 110 valence electrons. The van der Waals surface area contributed by atoms with E-state index >= 15 is 0 Å². The average molecular weight is 281 g/mol. The Morgan fingerprint density at radius 1 is 1.55 bits per heavy atom. The minimum absolute atomic E-state index is 0.0932. The minimum Gasteiger partial charge on any atom is -0.388 e. The SMILES string of the molecule is CCNc1nc(C)c([N+](=O)[O-])c(N2CCC(C)(O)C2)n1. The Hall–Kier alpha value is -1.96. The van der Waals surface area contributed by atoms with Gasteiger partial charge in [-0.1, -0.05) is 0 Å². The van der Waals surface area contributed by atoms with E-state index in [0.717, 1.165) is 0 Å². The number of rotatable bonds is 4. The van der Waals surface area contributed by atoms with Crippen molar-refractivity contribution in [2.75, 3.05) is 29.9 Å². The zero-order chi connectivity index (χ0) is 14.9. The summed E-state index contributed by atoms with van der Waals surface area (Å²) < 4.78 is 0. The van der Waals surface area contributed by atoms with Crippen molar-refractivity contribution in [3.63, 3.8) is 0 Å².